The van der Waals surface area contributed by atoms with E-state index in [-0.39, 0.29) is 5.54 Å². The van der Waals surface area contributed by atoms with Crippen LogP contribution in [0, 0.1) is 17.8 Å². The summed E-state index contributed by atoms with van der Waals surface area (Å²) < 4.78 is 0. The zero-order valence-corrected chi connectivity index (χ0v) is 11.4. The average molecular weight is 227 g/mol. The number of hydrogen-bond acceptors (Lipinski definition) is 2. The largest absolute Gasteiger partial charge is 0.396 e. The second-order valence-electron chi connectivity index (χ2n) is 5.90. The Kier molecular flexibility index (Phi) is 5.26. The molecule has 2 N–H and O–H groups in total. The molecule has 0 bridgehead atoms. The summed E-state index contributed by atoms with van der Waals surface area (Å²) in [5, 5.41) is 13.1. The molecule has 96 valence electrons. The predicted octanol–water partition coefficient (Wildman–Crippen LogP) is 2.81. The lowest BCUT2D eigenvalue weighted by molar-refractivity contribution is 0.0527. The van der Waals surface area contributed by atoms with Gasteiger partial charge < -0.3 is 10.4 Å². The molecule has 0 radical (unpaired) electrons. The summed E-state index contributed by atoms with van der Waals surface area (Å²) in [6.07, 6.45) is 4.80. The number of aliphatic hydroxyl groups is 1. The molecule has 0 saturated heterocycles. The smallest absolute Gasteiger partial charge is 0.0448 e. The molecular formula is C14H29NO. The van der Waals surface area contributed by atoms with Gasteiger partial charge in [0.05, 0.1) is 0 Å². The molecule has 3 unspecified atom stereocenters. The van der Waals surface area contributed by atoms with Crippen LogP contribution in [0.3, 0.4) is 0 Å². The zero-order chi connectivity index (χ0) is 12.2. The van der Waals surface area contributed by atoms with Gasteiger partial charge in [-0.15, -0.1) is 0 Å². The Labute approximate surface area is 101 Å². The second kappa shape index (κ2) is 6.02. The summed E-state index contributed by atoms with van der Waals surface area (Å²) in [5.41, 5.74) is 0.190. The molecule has 1 aliphatic rings. The lowest BCUT2D eigenvalue weighted by Crippen LogP contribution is -2.56. The van der Waals surface area contributed by atoms with Crippen LogP contribution in [0.1, 0.15) is 53.4 Å². The molecule has 1 saturated carbocycles. The lowest BCUT2D eigenvalue weighted by Gasteiger charge is -2.49. The molecule has 0 spiro atoms. The van der Waals surface area contributed by atoms with Gasteiger partial charge in [0.25, 0.3) is 0 Å². The minimum Gasteiger partial charge on any atom is -0.396 e. The highest BCUT2D eigenvalue weighted by Gasteiger charge is 2.42. The first-order valence-electron chi connectivity index (χ1n) is 6.91. The van der Waals surface area contributed by atoms with Crippen molar-refractivity contribution in [2.24, 2.45) is 17.8 Å². The third-order valence-electron chi connectivity index (χ3n) is 4.28. The van der Waals surface area contributed by atoms with Gasteiger partial charge in [0.2, 0.25) is 0 Å². The van der Waals surface area contributed by atoms with Gasteiger partial charge in [-0.3, -0.25) is 0 Å². The Hall–Kier alpha value is -0.0800. The summed E-state index contributed by atoms with van der Waals surface area (Å²) in [7, 11) is 0. The van der Waals surface area contributed by atoms with Crippen molar-refractivity contribution in [1.29, 1.82) is 0 Å². The molecule has 16 heavy (non-hydrogen) atoms. The third-order valence-corrected chi connectivity index (χ3v) is 4.28. The second-order valence-corrected chi connectivity index (χ2v) is 5.90. The number of aliphatic hydroxyl groups excluding tert-OH is 1. The average Bonchev–Trinajstić information content (AvgIpc) is 2.17. The molecule has 0 aromatic carbocycles. The first kappa shape index (κ1) is 14.0. The summed E-state index contributed by atoms with van der Waals surface area (Å²) in [4.78, 5) is 0. The van der Waals surface area contributed by atoms with Crippen LogP contribution >= 0.6 is 0 Å². The summed E-state index contributed by atoms with van der Waals surface area (Å²) >= 11 is 0. The van der Waals surface area contributed by atoms with E-state index in [4.69, 9.17) is 0 Å². The van der Waals surface area contributed by atoms with Gasteiger partial charge in [0.1, 0.15) is 0 Å². The van der Waals surface area contributed by atoms with Crippen molar-refractivity contribution in [3.05, 3.63) is 0 Å². The van der Waals surface area contributed by atoms with Gasteiger partial charge in [-0.1, -0.05) is 34.1 Å². The maximum Gasteiger partial charge on any atom is 0.0448 e. The lowest BCUT2D eigenvalue weighted by atomic mass is 9.63. The van der Waals surface area contributed by atoms with Crippen molar-refractivity contribution in [3.63, 3.8) is 0 Å². The molecule has 3 atom stereocenters. The highest BCUT2D eigenvalue weighted by Crippen LogP contribution is 2.42. The van der Waals surface area contributed by atoms with Crippen LogP contribution in [-0.2, 0) is 0 Å². The standard InChI is InChI=1S/C14H29NO/c1-5-15-14(8-9-16)10-12(4)6-7-13(14)11(2)3/h11-13,15-16H,5-10H2,1-4H3. The summed E-state index contributed by atoms with van der Waals surface area (Å²) in [5.74, 6) is 2.22. The van der Waals surface area contributed by atoms with Crippen molar-refractivity contribution in [1.82, 2.24) is 5.32 Å². The van der Waals surface area contributed by atoms with Crippen molar-refractivity contribution in [3.8, 4) is 0 Å². The van der Waals surface area contributed by atoms with E-state index >= 15 is 0 Å². The summed E-state index contributed by atoms with van der Waals surface area (Å²) in [6, 6.07) is 0. The summed E-state index contributed by atoms with van der Waals surface area (Å²) in [6.45, 7) is 10.5. The van der Waals surface area contributed by atoms with Crippen molar-refractivity contribution >= 4 is 0 Å². The normalized spacial score (nSPS) is 35.6. The van der Waals surface area contributed by atoms with Crippen LogP contribution in [0.2, 0.25) is 0 Å². The van der Waals surface area contributed by atoms with E-state index in [9.17, 15) is 5.11 Å². The van der Waals surface area contributed by atoms with Gasteiger partial charge in [0, 0.05) is 12.1 Å². The Morgan fingerprint density at radius 3 is 2.56 bits per heavy atom. The van der Waals surface area contributed by atoms with E-state index in [0.29, 0.717) is 12.5 Å². The molecule has 1 fully saturated rings. The van der Waals surface area contributed by atoms with E-state index in [1.807, 2.05) is 0 Å². The van der Waals surface area contributed by atoms with Crippen LogP contribution in [0.5, 0.6) is 0 Å². The number of hydrogen-bond donors (Lipinski definition) is 2. The maximum absolute atomic E-state index is 9.36. The van der Waals surface area contributed by atoms with Crippen LogP contribution in [-0.4, -0.2) is 23.8 Å². The number of rotatable bonds is 5. The van der Waals surface area contributed by atoms with Gasteiger partial charge in [-0.05, 0) is 43.6 Å². The molecule has 0 heterocycles. The fourth-order valence-corrected chi connectivity index (χ4v) is 3.72. The van der Waals surface area contributed by atoms with E-state index < -0.39 is 0 Å². The van der Waals surface area contributed by atoms with Gasteiger partial charge in [-0.25, -0.2) is 0 Å². The molecule has 0 aromatic rings. The van der Waals surface area contributed by atoms with E-state index in [2.05, 4.69) is 33.0 Å². The molecular weight excluding hydrogens is 198 g/mol. The molecule has 1 rings (SSSR count). The number of nitrogens with one attached hydrogen (secondary N) is 1. The fourth-order valence-electron chi connectivity index (χ4n) is 3.72. The molecule has 0 aromatic heterocycles. The van der Waals surface area contributed by atoms with Crippen LogP contribution < -0.4 is 5.32 Å². The van der Waals surface area contributed by atoms with Gasteiger partial charge >= 0.3 is 0 Å². The first-order chi connectivity index (χ1) is 7.55. The van der Waals surface area contributed by atoms with Crippen molar-refractivity contribution in [2.75, 3.05) is 13.2 Å². The van der Waals surface area contributed by atoms with Gasteiger partial charge in [0.15, 0.2) is 0 Å². The van der Waals surface area contributed by atoms with E-state index in [1.165, 1.54) is 19.3 Å². The Balaban J connectivity index is 2.85. The Bertz CT molecular complexity index is 197. The SMILES string of the molecule is CCNC1(CCO)CC(C)CCC1C(C)C. The Morgan fingerprint density at radius 2 is 2.06 bits per heavy atom. The third kappa shape index (κ3) is 2.98. The highest BCUT2D eigenvalue weighted by atomic mass is 16.3. The van der Waals surface area contributed by atoms with Crippen molar-refractivity contribution < 1.29 is 5.11 Å². The van der Waals surface area contributed by atoms with Crippen molar-refractivity contribution in [2.45, 2.75) is 58.9 Å². The predicted molar refractivity (Wildman–Crippen MR) is 69.5 cm³/mol. The van der Waals surface area contributed by atoms with Crippen LogP contribution in [0.15, 0.2) is 0 Å². The Morgan fingerprint density at radius 1 is 1.38 bits per heavy atom. The van der Waals surface area contributed by atoms with Crippen LogP contribution in [0.25, 0.3) is 0 Å². The molecule has 1 aliphatic carbocycles. The topological polar surface area (TPSA) is 32.3 Å². The monoisotopic (exact) mass is 227 g/mol. The first-order valence-corrected chi connectivity index (χ1v) is 6.91. The minimum absolute atomic E-state index is 0.190. The quantitative estimate of drug-likeness (QED) is 0.757. The minimum atomic E-state index is 0.190. The fraction of sp³-hybridized carbons (Fsp3) is 1.00. The highest BCUT2D eigenvalue weighted by molar-refractivity contribution is 4.99. The molecule has 0 aliphatic heterocycles. The van der Waals surface area contributed by atoms with Gasteiger partial charge in [-0.2, -0.15) is 0 Å². The molecule has 2 nitrogen and oxygen atoms in total. The molecule has 0 amide bonds. The van der Waals surface area contributed by atoms with E-state index in [1.54, 1.807) is 0 Å². The zero-order valence-electron chi connectivity index (χ0n) is 11.4. The maximum atomic E-state index is 9.36. The molecule has 2 heteroatoms. The van der Waals surface area contributed by atoms with Crippen LogP contribution in [0.4, 0.5) is 0 Å². The van der Waals surface area contributed by atoms with E-state index in [0.717, 1.165) is 24.8 Å².